The number of carbonyl (C=O) groups is 1. The molecule has 4 heteroatoms. The van der Waals surface area contributed by atoms with Gasteiger partial charge >= 0.3 is 0 Å². The van der Waals surface area contributed by atoms with E-state index < -0.39 is 6.10 Å². The second-order valence-electron chi connectivity index (χ2n) is 3.97. The lowest BCUT2D eigenvalue weighted by Crippen LogP contribution is -2.33. The van der Waals surface area contributed by atoms with Crippen molar-refractivity contribution in [2.45, 2.75) is 13.0 Å². The normalized spacial score (nSPS) is 12.2. The number of halogens is 1. The minimum Gasteiger partial charge on any atom is -0.480 e. The molecule has 18 heavy (non-hydrogen) atoms. The van der Waals surface area contributed by atoms with Crippen molar-refractivity contribution < 1.29 is 9.53 Å². The summed E-state index contributed by atoms with van der Waals surface area (Å²) in [4.78, 5) is 11.4. The van der Waals surface area contributed by atoms with Gasteiger partial charge in [0.2, 0.25) is 0 Å². The summed E-state index contributed by atoms with van der Waals surface area (Å²) >= 11 is 3.52. The second-order valence-corrected chi connectivity index (χ2v) is 4.77. The highest BCUT2D eigenvalue weighted by atomic mass is 79.9. The van der Waals surface area contributed by atoms with Crippen LogP contribution in [0.3, 0.4) is 0 Å². The number of likely N-dealkylation sites (N-methyl/N-ethyl adjacent to an activating group) is 1. The summed E-state index contributed by atoms with van der Waals surface area (Å²) in [6.07, 6.45) is -0.521. The summed E-state index contributed by atoms with van der Waals surface area (Å²) in [7, 11) is 1.59. The van der Waals surface area contributed by atoms with Crippen molar-refractivity contribution in [3.63, 3.8) is 0 Å². The number of carbonyl (C=O) groups excluding carboxylic acids is 1. The molecule has 1 unspecified atom stereocenters. The van der Waals surface area contributed by atoms with Crippen LogP contribution in [0, 0.1) is 0 Å². The van der Waals surface area contributed by atoms with Crippen molar-refractivity contribution in [2.75, 3.05) is 7.05 Å². The molecule has 0 saturated heterocycles. The molecule has 0 fully saturated rings. The minimum absolute atomic E-state index is 0.143. The van der Waals surface area contributed by atoms with Crippen LogP contribution in [-0.2, 0) is 4.79 Å². The Hall–Kier alpha value is -1.55. The Morgan fingerprint density at radius 3 is 2.72 bits per heavy atom. The van der Waals surface area contributed by atoms with Gasteiger partial charge in [-0.3, -0.25) is 4.79 Å². The van der Waals surface area contributed by atoms with Crippen molar-refractivity contribution in [1.82, 2.24) is 5.32 Å². The number of hydrogen-bond donors (Lipinski definition) is 1. The summed E-state index contributed by atoms with van der Waals surface area (Å²) in [5.74, 6) is 0.528. The third-order valence-corrected chi connectivity index (χ3v) is 3.57. The Morgan fingerprint density at radius 2 is 2.00 bits per heavy atom. The van der Waals surface area contributed by atoms with Crippen LogP contribution in [0.25, 0.3) is 10.8 Å². The molecule has 2 rings (SSSR count). The third kappa shape index (κ3) is 2.48. The summed E-state index contributed by atoms with van der Waals surface area (Å²) in [5.41, 5.74) is 0. The van der Waals surface area contributed by atoms with E-state index in [9.17, 15) is 4.79 Å². The van der Waals surface area contributed by atoms with E-state index >= 15 is 0 Å². The summed E-state index contributed by atoms with van der Waals surface area (Å²) < 4.78 is 6.52. The van der Waals surface area contributed by atoms with Crippen LogP contribution < -0.4 is 10.1 Å². The number of ether oxygens (including phenoxy) is 1. The van der Waals surface area contributed by atoms with Crippen LogP contribution in [0.1, 0.15) is 6.92 Å². The molecule has 1 N–H and O–H groups in total. The van der Waals surface area contributed by atoms with Crippen LogP contribution in [0.4, 0.5) is 0 Å². The van der Waals surface area contributed by atoms with Crippen molar-refractivity contribution >= 4 is 32.6 Å². The topological polar surface area (TPSA) is 38.3 Å². The number of amides is 1. The molecule has 0 aliphatic rings. The molecule has 1 amide bonds. The summed E-state index contributed by atoms with van der Waals surface area (Å²) in [5, 5.41) is 4.76. The van der Waals surface area contributed by atoms with Crippen LogP contribution in [-0.4, -0.2) is 19.1 Å². The number of benzene rings is 2. The van der Waals surface area contributed by atoms with E-state index in [2.05, 4.69) is 21.2 Å². The number of nitrogens with one attached hydrogen (secondary N) is 1. The number of hydrogen-bond acceptors (Lipinski definition) is 2. The predicted octanol–water partition coefficient (Wildman–Crippen LogP) is 3.12. The molecule has 2 aromatic rings. The highest BCUT2D eigenvalue weighted by Crippen LogP contribution is 2.33. The zero-order valence-corrected chi connectivity index (χ0v) is 11.8. The Bertz CT molecular complexity index is 583. The van der Waals surface area contributed by atoms with Crippen LogP contribution >= 0.6 is 15.9 Å². The van der Waals surface area contributed by atoms with Gasteiger partial charge < -0.3 is 10.1 Å². The van der Waals surface area contributed by atoms with Crippen molar-refractivity contribution in [1.29, 1.82) is 0 Å². The maximum Gasteiger partial charge on any atom is 0.260 e. The van der Waals surface area contributed by atoms with E-state index in [1.165, 1.54) is 0 Å². The molecular weight excluding hydrogens is 294 g/mol. The molecule has 3 nitrogen and oxygen atoms in total. The molecule has 0 heterocycles. The van der Waals surface area contributed by atoms with Crippen LogP contribution in [0.15, 0.2) is 40.9 Å². The molecular formula is C14H14BrNO2. The lowest BCUT2D eigenvalue weighted by Gasteiger charge is -2.15. The fourth-order valence-electron chi connectivity index (χ4n) is 1.75. The monoisotopic (exact) mass is 307 g/mol. The first-order valence-electron chi connectivity index (χ1n) is 5.69. The van der Waals surface area contributed by atoms with E-state index in [1.807, 2.05) is 36.4 Å². The molecule has 94 valence electrons. The Kier molecular flexibility index (Phi) is 3.87. The van der Waals surface area contributed by atoms with Gasteiger partial charge in [0.25, 0.3) is 5.91 Å². The molecule has 2 aromatic carbocycles. The van der Waals surface area contributed by atoms with E-state index in [0.29, 0.717) is 5.75 Å². The van der Waals surface area contributed by atoms with Gasteiger partial charge in [0.15, 0.2) is 6.10 Å². The SMILES string of the molecule is CNC(=O)C(C)Oc1ccc2ccccc2c1Br. The molecule has 0 aliphatic carbocycles. The van der Waals surface area contributed by atoms with Crippen LogP contribution in [0.2, 0.25) is 0 Å². The molecule has 0 bridgehead atoms. The first kappa shape index (κ1) is 12.9. The third-order valence-electron chi connectivity index (χ3n) is 2.75. The average molecular weight is 308 g/mol. The first-order chi connectivity index (χ1) is 8.63. The zero-order chi connectivity index (χ0) is 13.1. The van der Waals surface area contributed by atoms with Gasteiger partial charge in [-0.15, -0.1) is 0 Å². The molecule has 0 radical (unpaired) electrons. The maximum atomic E-state index is 11.4. The molecule has 0 aromatic heterocycles. The smallest absolute Gasteiger partial charge is 0.260 e. The lowest BCUT2D eigenvalue weighted by molar-refractivity contribution is -0.126. The van der Waals surface area contributed by atoms with Crippen molar-refractivity contribution in [3.05, 3.63) is 40.9 Å². The van der Waals surface area contributed by atoms with E-state index in [-0.39, 0.29) is 5.91 Å². The van der Waals surface area contributed by atoms with E-state index in [4.69, 9.17) is 4.74 Å². The summed E-state index contributed by atoms with van der Waals surface area (Å²) in [6, 6.07) is 11.8. The van der Waals surface area contributed by atoms with Crippen LogP contribution in [0.5, 0.6) is 5.75 Å². The van der Waals surface area contributed by atoms with Gasteiger partial charge in [0, 0.05) is 7.05 Å². The van der Waals surface area contributed by atoms with Gasteiger partial charge in [-0.2, -0.15) is 0 Å². The largest absolute Gasteiger partial charge is 0.480 e. The van der Waals surface area contributed by atoms with Gasteiger partial charge in [0.05, 0.1) is 4.47 Å². The molecule has 0 spiro atoms. The molecule has 0 aliphatic heterocycles. The number of rotatable bonds is 3. The molecule has 0 saturated carbocycles. The highest BCUT2D eigenvalue weighted by Gasteiger charge is 2.15. The fraction of sp³-hybridized carbons (Fsp3) is 0.214. The Labute approximate surface area is 114 Å². The molecule has 1 atom stereocenters. The van der Waals surface area contributed by atoms with E-state index in [0.717, 1.165) is 15.2 Å². The fourth-order valence-corrected chi connectivity index (χ4v) is 2.34. The second kappa shape index (κ2) is 5.40. The van der Waals surface area contributed by atoms with Crippen molar-refractivity contribution in [2.24, 2.45) is 0 Å². The minimum atomic E-state index is -0.521. The van der Waals surface area contributed by atoms with Gasteiger partial charge in [-0.25, -0.2) is 0 Å². The summed E-state index contributed by atoms with van der Waals surface area (Å²) in [6.45, 7) is 1.72. The van der Waals surface area contributed by atoms with Gasteiger partial charge in [0.1, 0.15) is 5.75 Å². The predicted molar refractivity (Wildman–Crippen MR) is 75.8 cm³/mol. The number of fused-ring (bicyclic) bond motifs is 1. The first-order valence-corrected chi connectivity index (χ1v) is 6.48. The maximum absolute atomic E-state index is 11.4. The van der Waals surface area contributed by atoms with Gasteiger partial charge in [-0.05, 0) is 39.7 Å². The zero-order valence-electron chi connectivity index (χ0n) is 10.2. The Morgan fingerprint density at radius 1 is 1.28 bits per heavy atom. The lowest BCUT2D eigenvalue weighted by atomic mass is 10.1. The highest BCUT2D eigenvalue weighted by molar-refractivity contribution is 9.10. The van der Waals surface area contributed by atoms with Crippen molar-refractivity contribution in [3.8, 4) is 5.75 Å². The average Bonchev–Trinajstić information content (AvgIpc) is 2.41. The van der Waals surface area contributed by atoms with E-state index in [1.54, 1.807) is 14.0 Å². The Balaban J connectivity index is 2.35. The quantitative estimate of drug-likeness (QED) is 0.946. The standard InChI is InChI=1S/C14H14BrNO2/c1-9(14(17)16-2)18-12-8-7-10-5-3-4-6-11(10)13(12)15/h3-9H,1-2H3,(H,16,17). The van der Waals surface area contributed by atoms with Gasteiger partial charge in [-0.1, -0.05) is 30.3 Å².